The Kier molecular flexibility index (Phi) is 5.73. The zero-order valence-corrected chi connectivity index (χ0v) is 20.0. The van der Waals surface area contributed by atoms with Crippen molar-refractivity contribution in [2.45, 2.75) is 19.9 Å². The van der Waals surface area contributed by atoms with E-state index in [1.807, 2.05) is 19.1 Å². The Morgan fingerprint density at radius 3 is 2.66 bits per heavy atom. The summed E-state index contributed by atoms with van der Waals surface area (Å²) < 4.78 is 16.8. The van der Waals surface area contributed by atoms with Crippen LogP contribution >= 0.6 is 11.3 Å². The van der Waals surface area contributed by atoms with Crippen LogP contribution in [0.1, 0.15) is 34.1 Å². The van der Waals surface area contributed by atoms with E-state index >= 15 is 0 Å². The quantitative estimate of drug-likeness (QED) is 0.367. The molecule has 10 heteroatoms. The minimum atomic E-state index is -0.986. The van der Waals surface area contributed by atoms with Gasteiger partial charge in [-0.3, -0.25) is 14.5 Å². The Balaban J connectivity index is 1.66. The monoisotopic (exact) mass is 491 g/mol. The van der Waals surface area contributed by atoms with Crippen LogP contribution in [0.4, 0.5) is 5.13 Å². The van der Waals surface area contributed by atoms with Crippen molar-refractivity contribution in [1.29, 1.82) is 0 Å². The lowest BCUT2D eigenvalue weighted by Gasteiger charge is -2.24. The molecule has 1 atom stereocenters. The molecule has 1 aliphatic heterocycles. The van der Waals surface area contributed by atoms with Crippen LogP contribution in [0.25, 0.3) is 11.0 Å². The second-order valence-corrected chi connectivity index (χ2v) is 8.92. The fourth-order valence-electron chi connectivity index (χ4n) is 4.09. The molecule has 0 saturated heterocycles. The number of aryl methyl sites for hydroxylation is 1. The number of hydrogen-bond donors (Lipinski definition) is 1. The Morgan fingerprint density at radius 2 is 1.97 bits per heavy atom. The van der Waals surface area contributed by atoms with E-state index in [4.69, 9.17) is 13.9 Å². The summed E-state index contributed by atoms with van der Waals surface area (Å²) in [6.45, 7) is 4.04. The maximum atomic E-state index is 13.7. The molecule has 0 spiro atoms. The molecule has 2 aromatic heterocycles. The first kappa shape index (κ1) is 22.6. The number of furan rings is 1. The van der Waals surface area contributed by atoms with Crippen LogP contribution in [-0.2, 0) is 4.79 Å². The average molecular weight is 492 g/mol. The summed E-state index contributed by atoms with van der Waals surface area (Å²) in [5, 5.41) is 20.6. The fraction of sp³-hybridized carbons (Fsp3) is 0.200. The van der Waals surface area contributed by atoms with Gasteiger partial charge in [0, 0.05) is 5.39 Å². The maximum absolute atomic E-state index is 13.7. The van der Waals surface area contributed by atoms with Crippen LogP contribution in [0.15, 0.2) is 64.3 Å². The summed E-state index contributed by atoms with van der Waals surface area (Å²) >= 11 is 1.18. The lowest BCUT2D eigenvalue weighted by Crippen LogP contribution is -2.31. The molecule has 0 saturated carbocycles. The number of fused-ring (bicyclic) bond motifs is 1. The number of carbonyl (C=O) groups is 2. The first-order valence-corrected chi connectivity index (χ1v) is 11.6. The van der Waals surface area contributed by atoms with Crippen molar-refractivity contribution in [3.05, 3.63) is 76.2 Å². The summed E-state index contributed by atoms with van der Waals surface area (Å²) in [7, 11) is 1.50. The molecule has 5 rings (SSSR count). The number of carbonyl (C=O) groups excluding carboxylic acids is 2. The van der Waals surface area contributed by atoms with Gasteiger partial charge in [0.05, 0.1) is 25.3 Å². The molecule has 3 heterocycles. The molecule has 1 aliphatic rings. The van der Waals surface area contributed by atoms with E-state index in [0.29, 0.717) is 34.3 Å². The van der Waals surface area contributed by atoms with E-state index in [9.17, 15) is 14.7 Å². The number of hydrogen-bond acceptors (Lipinski definition) is 9. The predicted octanol–water partition coefficient (Wildman–Crippen LogP) is 4.78. The van der Waals surface area contributed by atoms with Crippen molar-refractivity contribution >= 4 is 39.1 Å². The molecule has 0 fully saturated rings. The van der Waals surface area contributed by atoms with Gasteiger partial charge in [0.1, 0.15) is 10.6 Å². The van der Waals surface area contributed by atoms with Crippen molar-refractivity contribution in [3.8, 4) is 11.5 Å². The summed E-state index contributed by atoms with van der Waals surface area (Å²) in [6, 6.07) is 12.9. The van der Waals surface area contributed by atoms with Gasteiger partial charge in [-0.25, -0.2) is 0 Å². The number of anilines is 1. The topological polar surface area (TPSA) is 115 Å². The van der Waals surface area contributed by atoms with Crippen LogP contribution in [-0.4, -0.2) is 40.7 Å². The van der Waals surface area contributed by atoms with Crippen molar-refractivity contribution in [3.63, 3.8) is 0 Å². The van der Waals surface area contributed by atoms with Crippen LogP contribution in [0.3, 0.4) is 0 Å². The summed E-state index contributed by atoms with van der Waals surface area (Å²) in [5.74, 6) is -1.07. The summed E-state index contributed by atoms with van der Waals surface area (Å²) in [5.41, 5.74) is 0.930. The molecule has 9 nitrogen and oxygen atoms in total. The molecule has 0 aliphatic carbocycles. The average Bonchev–Trinajstić information content (AvgIpc) is 3.55. The lowest BCUT2D eigenvalue weighted by molar-refractivity contribution is -0.117. The van der Waals surface area contributed by atoms with Crippen molar-refractivity contribution in [2.24, 2.45) is 0 Å². The van der Waals surface area contributed by atoms with Gasteiger partial charge in [0.15, 0.2) is 23.0 Å². The smallest absolute Gasteiger partial charge is 0.296 e. The number of amides is 1. The van der Waals surface area contributed by atoms with E-state index in [-0.39, 0.29) is 16.5 Å². The zero-order chi connectivity index (χ0) is 24.7. The Morgan fingerprint density at radius 1 is 1.17 bits per heavy atom. The number of rotatable bonds is 7. The van der Waals surface area contributed by atoms with Gasteiger partial charge in [-0.2, -0.15) is 0 Å². The van der Waals surface area contributed by atoms with E-state index in [2.05, 4.69) is 10.2 Å². The first-order valence-electron chi connectivity index (χ1n) is 10.8. The Hall–Kier alpha value is -4.18. The number of aromatic nitrogens is 2. The second-order valence-electron chi connectivity index (χ2n) is 7.76. The highest BCUT2D eigenvalue weighted by molar-refractivity contribution is 7.15. The summed E-state index contributed by atoms with van der Waals surface area (Å²) in [6.07, 6.45) is 0. The van der Waals surface area contributed by atoms with Crippen molar-refractivity contribution < 1.29 is 28.6 Å². The minimum Gasteiger partial charge on any atom is -0.503 e. The number of para-hydroxylation sites is 1. The second kappa shape index (κ2) is 8.88. The van der Waals surface area contributed by atoms with Crippen LogP contribution in [0.2, 0.25) is 0 Å². The Bertz CT molecular complexity index is 1450. The van der Waals surface area contributed by atoms with Crippen molar-refractivity contribution in [2.75, 3.05) is 18.6 Å². The van der Waals surface area contributed by atoms with Crippen LogP contribution in [0, 0.1) is 6.92 Å². The normalized spacial score (nSPS) is 15.8. The molecule has 1 amide bonds. The fourth-order valence-corrected chi connectivity index (χ4v) is 4.80. The molecular formula is C25H21N3O6S. The number of nitrogens with zero attached hydrogens (tertiary/aromatic N) is 3. The molecule has 0 radical (unpaired) electrons. The molecule has 0 bridgehead atoms. The number of ketones is 1. The lowest BCUT2D eigenvalue weighted by atomic mass is 9.95. The van der Waals surface area contributed by atoms with Gasteiger partial charge < -0.3 is 19.0 Å². The summed E-state index contributed by atoms with van der Waals surface area (Å²) in [4.78, 5) is 28.2. The molecule has 2 aromatic carbocycles. The maximum Gasteiger partial charge on any atom is 0.296 e. The van der Waals surface area contributed by atoms with Crippen LogP contribution in [0.5, 0.6) is 11.5 Å². The standard InChI is InChI=1S/C25H21N3O6S/c1-4-33-17-10-9-15(12-18(17)32-3)21-20(22(29)19-11-14-7-5-6-8-16(14)34-19)23(30)24(31)28(21)25-27-26-13(2)35-25/h5-12,21,30H,4H2,1-3H3/t21-/m0/s1. The first-order chi connectivity index (χ1) is 16.9. The van der Waals surface area contributed by atoms with Crippen molar-refractivity contribution in [1.82, 2.24) is 10.2 Å². The highest BCUT2D eigenvalue weighted by Gasteiger charge is 2.47. The molecule has 1 N–H and O–H groups in total. The van der Waals surface area contributed by atoms with E-state index in [1.165, 1.54) is 23.3 Å². The highest BCUT2D eigenvalue weighted by Crippen LogP contribution is 2.44. The largest absolute Gasteiger partial charge is 0.503 e. The molecule has 4 aromatic rings. The van der Waals surface area contributed by atoms with Gasteiger partial charge in [0.2, 0.25) is 10.9 Å². The van der Waals surface area contributed by atoms with Crippen LogP contribution < -0.4 is 14.4 Å². The third kappa shape index (κ3) is 3.81. The number of Topliss-reactive ketones (excluding diaryl/α,β-unsaturated/α-hetero) is 1. The van der Waals surface area contributed by atoms with E-state index in [1.54, 1.807) is 43.3 Å². The number of aliphatic hydroxyl groups is 1. The number of aliphatic hydroxyl groups excluding tert-OH is 1. The van der Waals surface area contributed by atoms with Gasteiger partial charge in [-0.05, 0) is 43.7 Å². The zero-order valence-electron chi connectivity index (χ0n) is 19.1. The minimum absolute atomic E-state index is 0.0127. The highest BCUT2D eigenvalue weighted by atomic mass is 32.1. The number of benzene rings is 2. The third-order valence-electron chi connectivity index (χ3n) is 5.63. The molecular weight excluding hydrogens is 470 g/mol. The van der Waals surface area contributed by atoms with Gasteiger partial charge in [-0.15, -0.1) is 10.2 Å². The SMILES string of the molecule is CCOc1ccc([C@H]2C(C(=O)c3cc4ccccc4o3)=C(O)C(=O)N2c2nnc(C)s2)cc1OC. The van der Waals surface area contributed by atoms with E-state index < -0.39 is 23.5 Å². The number of methoxy groups -OCH3 is 1. The van der Waals surface area contributed by atoms with E-state index in [0.717, 1.165) is 5.39 Å². The Labute approximate surface area is 204 Å². The molecule has 178 valence electrons. The van der Waals surface area contributed by atoms with Gasteiger partial charge in [-0.1, -0.05) is 35.6 Å². The molecule has 0 unspecified atom stereocenters. The number of ether oxygens (including phenoxy) is 2. The third-order valence-corrected chi connectivity index (χ3v) is 6.46. The van der Waals surface area contributed by atoms with Gasteiger partial charge in [0.25, 0.3) is 5.91 Å². The molecule has 35 heavy (non-hydrogen) atoms. The van der Waals surface area contributed by atoms with Gasteiger partial charge >= 0.3 is 0 Å². The predicted molar refractivity (Wildman–Crippen MR) is 129 cm³/mol.